The smallest absolute Gasteiger partial charge is 0.152 e. The Morgan fingerprint density at radius 2 is 2.27 bits per heavy atom. The number of halogens is 1. The van der Waals surface area contributed by atoms with E-state index in [1.807, 2.05) is 0 Å². The summed E-state index contributed by atoms with van der Waals surface area (Å²) in [5, 5.41) is 0. The summed E-state index contributed by atoms with van der Waals surface area (Å²) in [6.07, 6.45) is 0.540. The number of nitrogens with two attached hydrogens (primary N) is 1. The van der Waals surface area contributed by atoms with Crippen LogP contribution in [0, 0.1) is 5.82 Å². The van der Waals surface area contributed by atoms with Gasteiger partial charge in [0.25, 0.3) is 0 Å². The quantitative estimate of drug-likeness (QED) is 0.378. The topological polar surface area (TPSA) is 55.1 Å². The minimum absolute atomic E-state index is 0.0301. The fourth-order valence-electron chi connectivity index (χ4n) is 0.791. The molecule has 11 heavy (non-hydrogen) atoms. The first kappa shape index (κ1) is 7.68. The normalized spacial score (nSPS) is 9.27. The average Bonchev–Trinajstić information content (AvgIpc) is 2.04. The van der Waals surface area contributed by atoms with Crippen LogP contribution in [0.5, 0.6) is 0 Å². The molecule has 0 fully saturated rings. The molecular weight excluding hydrogens is 147 g/mol. The van der Waals surface area contributed by atoms with Gasteiger partial charge in [0.15, 0.2) is 6.29 Å². The van der Waals surface area contributed by atoms with Crippen molar-refractivity contribution >= 4 is 12.0 Å². The molecule has 0 aliphatic heterocycles. The molecule has 0 aromatic heterocycles. The van der Waals surface area contributed by atoms with Crippen molar-refractivity contribution in [3.8, 4) is 0 Å². The zero-order valence-corrected chi connectivity index (χ0v) is 5.67. The van der Waals surface area contributed by atoms with Crippen molar-refractivity contribution in [3.63, 3.8) is 0 Å². The van der Waals surface area contributed by atoms with Gasteiger partial charge in [-0.25, -0.2) is 4.39 Å². The summed E-state index contributed by atoms with van der Waals surface area (Å²) in [4.78, 5) is 10.3. The predicted molar refractivity (Wildman–Crippen MR) is 39.6 cm³/mol. The molecule has 0 heterocycles. The number of anilines is 1. The van der Waals surface area contributed by atoms with E-state index < -0.39 is 5.82 Å². The molecule has 58 valence electrons. The van der Waals surface area contributed by atoms with Crippen molar-refractivity contribution in [1.29, 1.82) is 0 Å². The van der Waals surface area contributed by atoms with Gasteiger partial charge >= 0.3 is 0 Å². The molecule has 3 nitrogen and oxygen atoms in total. The van der Waals surface area contributed by atoms with Gasteiger partial charge in [0.05, 0.1) is 5.69 Å². The second-order valence-corrected chi connectivity index (χ2v) is 1.97. The Labute approximate surface area is 63.0 Å². The third-order valence-electron chi connectivity index (χ3n) is 1.32. The lowest BCUT2D eigenvalue weighted by molar-refractivity contribution is 0.112. The van der Waals surface area contributed by atoms with E-state index in [4.69, 9.17) is 5.84 Å². The monoisotopic (exact) mass is 154 g/mol. The van der Waals surface area contributed by atoms with Crippen molar-refractivity contribution in [3.05, 3.63) is 29.6 Å². The minimum atomic E-state index is -0.530. The maximum atomic E-state index is 12.7. The first-order chi connectivity index (χ1) is 5.29. The van der Waals surface area contributed by atoms with Crippen LogP contribution in [-0.2, 0) is 0 Å². The summed E-state index contributed by atoms with van der Waals surface area (Å²) in [7, 11) is 0. The molecule has 4 heteroatoms. The largest absolute Gasteiger partial charge is 0.321 e. The van der Waals surface area contributed by atoms with E-state index in [9.17, 15) is 9.18 Å². The molecule has 1 aromatic rings. The average molecular weight is 154 g/mol. The molecule has 0 atom stereocenters. The van der Waals surface area contributed by atoms with Gasteiger partial charge in [0, 0.05) is 5.56 Å². The lowest BCUT2D eigenvalue weighted by Gasteiger charge is -2.02. The maximum absolute atomic E-state index is 12.7. The number of benzene rings is 1. The number of hydrogen-bond acceptors (Lipinski definition) is 3. The van der Waals surface area contributed by atoms with Crippen molar-refractivity contribution in [2.24, 2.45) is 5.84 Å². The SMILES string of the molecule is NNc1c(F)cccc1C=O. The molecule has 0 unspecified atom stereocenters. The Morgan fingerprint density at radius 3 is 2.73 bits per heavy atom. The molecule has 0 radical (unpaired) electrons. The molecule has 0 aliphatic carbocycles. The first-order valence-corrected chi connectivity index (χ1v) is 3.00. The fraction of sp³-hybridized carbons (Fsp3) is 0. The number of hydrazine groups is 1. The molecule has 3 N–H and O–H groups in total. The second-order valence-electron chi connectivity index (χ2n) is 1.97. The number of hydrogen-bond donors (Lipinski definition) is 2. The second kappa shape index (κ2) is 3.12. The molecule has 0 bridgehead atoms. The molecule has 0 spiro atoms. The standard InChI is InChI=1S/C7H7FN2O/c8-6-3-1-2-5(4-11)7(6)10-9/h1-4,10H,9H2. The van der Waals surface area contributed by atoms with E-state index in [-0.39, 0.29) is 11.3 Å². The highest BCUT2D eigenvalue weighted by Gasteiger charge is 2.04. The maximum Gasteiger partial charge on any atom is 0.152 e. The van der Waals surface area contributed by atoms with Crippen LogP contribution in [0.2, 0.25) is 0 Å². The van der Waals surface area contributed by atoms with Gasteiger partial charge in [-0.05, 0) is 12.1 Å². The van der Waals surface area contributed by atoms with Crippen LogP contribution in [0.3, 0.4) is 0 Å². The number of nitrogens with one attached hydrogen (secondary N) is 1. The van der Waals surface area contributed by atoms with Crippen LogP contribution < -0.4 is 11.3 Å². The third kappa shape index (κ3) is 1.35. The summed E-state index contributed by atoms with van der Waals surface area (Å²) in [5.41, 5.74) is 2.35. The third-order valence-corrected chi connectivity index (χ3v) is 1.32. The van der Waals surface area contributed by atoms with E-state index >= 15 is 0 Å². The van der Waals surface area contributed by atoms with Crippen LogP contribution in [0.1, 0.15) is 10.4 Å². The molecule has 0 aliphatic rings. The molecule has 0 saturated heterocycles. The Hall–Kier alpha value is -1.42. The lowest BCUT2D eigenvalue weighted by atomic mass is 10.2. The Kier molecular flexibility index (Phi) is 2.18. The van der Waals surface area contributed by atoms with Gasteiger partial charge in [0.2, 0.25) is 0 Å². The zero-order chi connectivity index (χ0) is 8.27. The Morgan fingerprint density at radius 1 is 1.55 bits per heavy atom. The van der Waals surface area contributed by atoms with Gasteiger partial charge in [0.1, 0.15) is 5.82 Å². The number of carbonyl (C=O) groups excluding carboxylic acids is 1. The van der Waals surface area contributed by atoms with Gasteiger partial charge in [-0.15, -0.1) is 0 Å². The summed E-state index contributed by atoms with van der Waals surface area (Å²) in [5.74, 6) is 4.45. The van der Waals surface area contributed by atoms with Crippen molar-refractivity contribution in [2.45, 2.75) is 0 Å². The lowest BCUT2D eigenvalue weighted by Crippen LogP contribution is -2.10. The number of carbonyl (C=O) groups is 1. The molecular formula is C7H7FN2O. The van der Waals surface area contributed by atoms with Gasteiger partial charge in [-0.2, -0.15) is 0 Å². The number of rotatable bonds is 2. The van der Waals surface area contributed by atoms with Crippen molar-refractivity contribution in [2.75, 3.05) is 5.43 Å². The summed E-state index contributed by atoms with van der Waals surface area (Å²) in [6.45, 7) is 0. The van der Waals surface area contributed by atoms with Crippen LogP contribution >= 0.6 is 0 Å². The summed E-state index contributed by atoms with van der Waals surface area (Å²) < 4.78 is 12.7. The van der Waals surface area contributed by atoms with E-state index in [0.717, 1.165) is 0 Å². The van der Waals surface area contributed by atoms with Crippen molar-refractivity contribution < 1.29 is 9.18 Å². The Balaban J connectivity index is 3.23. The number of nitrogen functional groups attached to an aromatic ring is 1. The highest BCUT2D eigenvalue weighted by molar-refractivity contribution is 5.84. The fourth-order valence-corrected chi connectivity index (χ4v) is 0.791. The van der Waals surface area contributed by atoms with Crippen LogP contribution in [0.4, 0.5) is 10.1 Å². The van der Waals surface area contributed by atoms with E-state index in [1.54, 1.807) is 0 Å². The summed E-state index contributed by atoms with van der Waals surface area (Å²) >= 11 is 0. The highest BCUT2D eigenvalue weighted by atomic mass is 19.1. The Bertz CT molecular complexity index is 275. The first-order valence-electron chi connectivity index (χ1n) is 3.00. The number of aldehydes is 1. The van der Waals surface area contributed by atoms with Crippen molar-refractivity contribution in [1.82, 2.24) is 0 Å². The zero-order valence-electron chi connectivity index (χ0n) is 5.67. The van der Waals surface area contributed by atoms with Gasteiger partial charge < -0.3 is 5.43 Å². The molecule has 1 aromatic carbocycles. The van der Waals surface area contributed by atoms with Gasteiger partial charge in [-0.3, -0.25) is 10.6 Å². The van der Waals surface area contributed by atoms with Crippen LogP contribution in [0.25, 0.3) is 0 Å². The van der Waals surface area contributed by atoms with E-state index in [0.29, 0.717) is 6.29 Å². The minimum Gasteiger partial charge on any atom is -0.321 e. The van der Waals surface area contributed by atoms with E-state index in [1.165, 1.54) is 18.2 Å². The molecule has 0 saturated carbocycles. The predicted octanol–water partition coefficient (Wildman–Crippen LogP) is 0.924. The molecule has 0 amide bonds. The van der Waals surface area contributed by atoms with Gasteiger partial charge in [-0.1, -0.05) is 6.07 Å². The van der Waals surface area contributed by atoms with E-state index in [2.05, 4.69) is 5.43 Å². The highest BCUT2D eigenvalue weighted by Crippen LogP contribution is 2.15. The molecule has 1 rings (SSSR count). The summed E-state index contributed by atoms with van der Waals surface area (Å²) in [6, 6.07) is 4.15. The van der Waals surface area contributed by atoms with Crippen LogP contribution in [0.15, 0.2) is 18.2 Å². The number of para-hydroxylation sites is 1. The van der Waals surface area contributed by atoms with Crippen LogP contribution in [-0.4, -0.2) is 6.29 Å².